The molecule has 1 aromatic carbocycles. The molecule has 0 saturated heterocycles. The van der Waals surface area contributed by atoms with Gasteiger partial charge in [0.25, 0.3) is 5.91 Å². The topological polar surface area (TPSA) is 54.0 Å². The zero-order valence-electron chi connectivity index (χ0n) is 13.9. The Balaban J connectivity index is 2.25. The number of hydrogen-bond acceptors (Lipinski definition) is 3. The Morgan fingerprint density at radius 1 is 1.31 bits per heavy atom. The van der Waals surface area contributed by atoms with E-state index in [4.69, 9.17) is 0 Å². The summed E-state index contributed by atoms with van der Waals surface area (Å²) < 4.78 is 52.6. The van der Waals surface area contributed by atoms with Crippen molar-refractivity contribution < 1.29 is 22.4 Å². The Morgan fingerprint density at radius 3 is 2.65 bits per heavy atom. The summed E-state index contributed by atoms with van der Waals surface area (Å²) in [6, 6.07) is 6.40. The van der Waals surface area contributed by atoms with E-state index in [-0.39, 0.29) is 6.42 Å². The molecular weight excluding hydrogens is 350 g/mol. The number of amides is 1. The van der Waals surface area contributed by atoms with Crippen LogP contribution in [-0.4, -0.2) is 10.9 Å². The molecule has 2 N–H and O–H groups in total. The van der Waals surface area contributed by atoms with Crippen LogP contribution in [0.15, 0.2) is 55.4 Å². The molecule has 0 radical (unpaired) electrons. The fraction of sp³-hybridized carbons (Fsp3) is 0.222. The highest BCUT2D eigenvalue weighted by molar-refractivity contribution is 5.95. The molecule has 1 unspecified atom stereocenters. The van der Waals surface area contributed by atoms with Crippen LogP contribution in [0.4, 0.5) is 17.6 Å². The Bertz CT molecular complexity index is 807. The average Bonchev–Trinajstić information content (AvgIpc) is 2.59. The largest absolute Gasteiger partial charge is 0.417 e. The minimum absolute atomic E-state index is 0.288. The molecule has 0 aliphatic rings. The van der Waals surface area contributed by atoms with Gasteiger partial charge in [-0.25, -0.2) is 9.82 Å². The molecule has 2 aromatic rings. The van der Waals surface area contributed by atoms with E-state index in [2.05, 4.69) is 22.4 Å². The van der Waals surface area contributed by atoms with Gasteiger partial charge in [-0.2, -0.15) is 13.2 Å². The summed E-state index contributed by atoms with van der Waals surface area (Å²) in [6.07, 6.45) is -1.05. The first-order chi connectivity index (χ1) is 12.2. The van der Waals surface area contributed by atoms with Crippen LogP contribution >= 0.6 is 0 Å². The monoisotopic (exact) mass is 367 g/mol. The molecule has 138 valence electrons. The van der Waals surface area contributed by atoms with E-state index < -0.39 is 34.6 Å². The maximum absolute atomic E-state index is 13.5. The van der Waals surface area contributed by atoms with Crippen LogP contribution in [0.3, 0.4) is 0 Å². The minimum atomic E-state index is -4.69. The van der Waals surface area contributed by atoms with Crippen molar-refractivity contribution in [3.05, 3.63) is 77.9 Å². The van der Waals surface area contributed by atoms with Gasteiger partial charge in [0.2, 0.25) is 0 Å². The Labute approximate surface area is 147 Å². The molecule has 0 saturated carbocycles. The number of benzene rings is 1. The normalized spacial score (nSPS) is 13.7. The minimum Gasteiger partial charge on any atom is -0.287 e. The highest BCUT2D eigenvalue weighted by Gasteiger charge is 2.35. The molecule has 0 aliphatic heterocycles. The molecule has 0 bridgehead atoms. The number of nitrogens with one attached hydrogen (secondary N) is 2. The molecule has 0 spiro atoms. The molecule has 2 rings (SSSR count). The van der Waals surface area contributed by atoms with Crippen LogP contribution in [-0.2, 0) is 11.7 Å². The lowest BCUT2D eigenvalue weighted by Gasteiger charge is -2.31. The molecule has 1 aromatic heterocycles. The average molecular weight is 367 g/mol. The fourth-order valence-electron chi connectivity index (χ4n) is 2.45. The second-order valence-electron chi connectivity index (χ2n) is 5.83. The molecule has 8 heteroatoms. The van der Waals surface area contributed by atoms with Gasteiger partial charge in [0.05, 0.1) is 16.7 Å². The third-order valence-electron chi connectivity index (χ3n) is 3.84. The number of alkyl halides is 3. The number of rotatable bonds is 6. The molecular formula is C18H17F4N3O. The van der Waals surface area contributed by atoms with Gasteiger partial charge >= 0.3 is 6.18 Å². The number of hydrogen-bond donors (Lipinski definition) is 2. The summed E-state index contributed by atoms with van der Waals surface area (Å²) in [5.74, 6) is -1.48. The van der Waals surface area contributed by atoms with E-state index >= 15 is 0 Å². The summed E-state index contributed by atoms with van der Waals surface area (Å²) in [5, 5.41) is 0. The van der Waals surface area contributed by atoms with Crippen LogP contribution in [0, 0.1) is 5.82 Å². The van der Waals surface area contributed by atoms with E-state index in [1.165, 1.54) is 18.2 Å². The maximum atomic E-state index is 13.5. The summed E-state index contributed by atoms with van der Waals surface area (Å²) in [5.41, 5.74) is 2.76. The predicted molar refractivity (Wildman–Crippen MR) is 88.4 cm³/mol. The number of carbonyl (C=O) groups is 1. The molecule has 1 heterocycles. The van der Waals surface area contributed by atoms with Crippen molar-refractivity contribution >= 4 is 5.91 Å². The first-order valence-electron chi connectivity index (χ1n) is 7.63. The van der Waals surface area contributed by atoms with Gasteiger partial charge in [-0.3, -0.25) is 15.2 Å². The van der Waals surface area contributed by atoms with Gasteiger partial charge in [-0.15, -0.1) is 6.58 Å². The molecule has 0 fully saturated rings. The van der Waals surface area contributed by atoms with Crippen LogP contribution < -0.4 is 10.9 Å². The van der Waals surface area contributed by atoms with Gasteiger partial charge in [0, 0.05) is 12.4 Å². The van der Waals surface area contributed by atoms with Crippen molar-refractivity contribution in [3.63, 3.8) is 0 Å². The highest BCUT2D eigenvalue weighted by Crippen LogP contribution is 2.31. The number of pyridine rings is 1. The first-order valence-corrected chi connectivity index (χ1v) is 7.63. The molecule has 1 atom stereocenters. The van der Waals surface area contributed by atoms with E-state index in [9.17, 15) is 22.4 Å². The highest BCUT2D eigenvalue weighted by atomic mass is 19.4. The number of halogens is 4. The number of carbonyl (C=O) groups excluding carboxylic acids is 1. The third-order valence-corrected chi connectivity index (χ3v) is 3.84. The lowest BCUT2D eigenvalue weighted by atomic mass is 9.89. The van der Waals surface area contributed by atoms with Gasteiger partial charge in [-0.1, -0.05) is 18.2 Å². The third kappa shape index (κ3) is 4.45. The van der Waals surface area contributed by atoms with Crippen molar-refractivity contribution in [3.8, 4) is 0 Å². The van der Waals surface area contributed by atoms with Crippen molar-refractivity contribution in [1.82, 2.24) is 15.8 Å². The molecule has 4 nitrogen and oxygen atoms in total. The van der Waals surface area contributed by atoms with Crippen LogP contribution in [0.1, 0.15) is 34.8 Å². The SMILES string of the molecule is C=CCC(C)(NNC(=O)c1cnccc1C(F)(F)F)c1cccc(F)c1. The first kappa shape index (κ1) is 19.6. The smallest absolute Gasteiger partial charge is 0.287 e. The second-order valence-corrected chi connectivity index (χ2v) is 5.83. The van der Waals surface area contributed by atoms with Crippen LogP contribution in [0.5, 0.6) is 0 Å². The summed E-state index contributed by atoms with van der Waals surface area (Å²) in [7, 11) is 0. The Morgan fingerprint density at radius 2 is 2.04 bits per heavy atom. The van der Waals surface area contributed by atoms with E-state index in [1.807, 2.05) is 0 Å². The lowest BCUT2D eigenvalue weighted by Crippen LogP contribution is -2.50. The Hall–Kier alpha value is -2.74. The quantitative estimate of drug-likeness (QED) is 0.462. The van der Waals surface area contributed by atoms with Gasteiger partial charge in [-0.05, 0) is 37.1 Å². The van der Waals surface area contributed by atoms with Crippen molar-refractivity contribution in [2.75, 3.05) is 0 Å². The van der Waals surface area contributed by atoms with E-state index in [0.717, 1.165) is 18.5 Å². The lowest BCUT2D eigenvalue weighted by molar-refractivity contribution is -0.138. The zero-order valence-corrected chi connectivity index (χ0v) is 13.9. The number of nitrogens with zero attached hydrogens (tertiary/aromatic N) is 1. The van der Waals surface area contributed by atoms with Crippen LogP contribution in [0.25, 0.3) is 0 Å². The molecule has 0 aliphatic carbocycles. The summed E-state index contributed by atoms with van der Waals surface area (Å²) in [4.78, 5) is 15.8. The second kappa shape index (κ2) is 7.65. The van der Waals surface area contributed by atoms with Crippen LogP contribution in [0.2, 0.25) is 0 Å². The van der Waals surface area contributed by atoms with Gasteiger partial charge in [0.1, 0.15) is 5.82 Å². The Kier molecular flexibility index (Phi) is 5.76. The zero-order chi connectivity index (χ0) is 19.4. The van der Waals surface area contributed by atoms with E-state index in [1.54, 1.807) is 19.1 Å². The van der Waals surface area contributed by atoms with Gasteiger partial charge < -0.3 is 0 Å². The van der Waals surface area contributed by atoms with E-state index in [0.29, 0.717) is 5.56 Å². The molecule has 1 amide bonds. The number of hydrazine groups is 1. The number of aromatic nitrogens is 1. The summed E-state index contributed by atoms with van der Waals surface area (Å²) in [6.45, 7) is 5.28. The fourth-order valence-corrected chi connectivity index (χ4v) is 2.45. The van der Waals surface area contributed by atoms with Crippen molar-refractivity contribution in [2.45, 2.75) is 25.1 Å². The maximum Gasteiger partial charge on any atom is 0.417 e. The molecule has 26 heavy (non-hydrogen) atoms. The van der Waals surface area contributed by atoms with Crippen molar-refractivity contribution in [2.24, 2.45) is 0 Å². The summed E-state index contributed by atoms with van der Waals surface area (Å²) >= 11 is 0. The van der Waals surface area contributed by atoms with Crippen molar-refractivity contribution in [1.29, 1.82) is 0 Å². The standard InChI is InChI=1S/C18H17F4N3O/c1-3-8-17(2,12-5-4-6-13(19)10-12)25-24-16(26)14-11-23-9-7-15(14)18(20,21)22/h3-7,9-11,25H,1,8H2,2H3,(H,24,26). The van der Waals surface area contributed by atoms with Gasteiger partial charge in [0.15, 0.2) is 0 Å². The predicted octanol–water partition coefficient (Wildman–Crippen LogP) is 3.97.